The zero-order chi connectivity index (χ0) is 13.8. The number of aromatic nitrogens is 1. The fourth-order valence-corrected chi connectivity index (χ4v) is 2.68. The number of nitrogens with zero attached hydrogens (tertiary/aromatic N) is 1. The molecule has 1 fully saturated rings. The summed E-state index contributed by atoms with van der Waals surface area (Å²) in [6.45, 7) is 2.98. The van der Waals surface area contributed by atoms with Gasteiger partial charge in [-0.15, -0.1) is 0 Å². The predicted molar refractivity (Wildman–Crippen MR) is 77.9 cm³/mol. The molecule has 1 aromatic heterocycles. The lowest BCUT2D eigenvalue weighted by Crippen LogP contribution is -2.38. The van der Waals surface area contributed by atoms with E-state index in [2.05, 4.69) is 22.9 Å². The Morgan fingerprint density at radius 3 is 2.84 bits per heavy atom. The third-order valence-electron chi connectivity index (χ3n) is 3.51. The standard InChI is InChI=1S/C14H20BrNO3/c1-3-4-5-19-12-7-11(8-12)16-9-10(15)6-13(18-2)14(16)17/h6,9,11-12H,3-5,7-8H2,1-2H3. The highest BCUT2D eigenvalue weighted by molar-refractivity contribution is 9.10. The topological polar surface area (TPSA) is 40.5 Å². The summed E-state index contributed by atoms with van der Waals surface area (Å²) in [5, 5.41) is 0. The lowest BCUT2D eigenvalue weighted by molar-refractivity contribution is -0.0277. The summed E-state index contributed by atoms with van der Waals surface area (Å²) in [6, 6.07) is 1.93. The van der Waals surface area contributed by atoms with Crippen molar-refractivity contribution in [2.45, 2.75) is 44.8 Å². The molecule has 0 N–H and O–H groups in total. The summed E-state index contributed by atoms with van der Waals surface area (Å²) in [6.07, 6.45) is 6.20. The molecule has 5 heteroatoms. The summed E-state index contributed by atoms with van der Waals surface area (Å²) in [4.78, 5) is 12.1. The molecule has 0 unspecified atom stereocenters. The number of unbranched alkanes of at least 4 members (excludes halogenated alkanes) is 1. The average molecular weight is 330 g/mol. The van der Waals surface area contributed by atoms with Gasteiger partial charge in [0.05, 0.1) is 13.2 Å². The maximum atomic E-state index is 12.1. The second-order valence-electron chi connectivity index (χ2n) is 4.91. The van der Waals surface area contributed by atoms with Gasteiger partial charge in [0.2, 0.25) is 0 Å². The van der Waals surface area contributed by atoms with E-state index in [9.17, 15) is 4.79 Å². The third kappa shape index (κ3) is 3.39. The first-order chi connectivity index (χ1) is 9.15. The number of methoxy groups -OCH3 is 1. The molecule has 1 aliphatic rings. The van der Waals surface area contributed by atoms with Crippen molar-refractivity contribution in [3.8, 4) is 5.75 Å². The molecule has 0 atom stereocenters. The summed E-state index contributed by atoms with van der Waals surface area (Å²) in [5.41, 5.74) is -0.0669. The van der Waals surface area contributed by atoms with E-state index in [4.69, 9.17) is 9.47 Å². The first-order valence-electron chi connectivity index (χ1n) is 6.73. The maximum absolute atomic E-state index is 12.1. The molecule has 2 rings (SSSR count). The fourth-order valence-electron chi connectivity index (χ4n) is 2.26. The predicted octanol–water partition coefficient (Wildman–Crippen LogP) is 3.14. The van der Waals surface area contributed by atoms with Crippen LogP contribution in [0.25, 0.3) is 0 Å². The number of ether oxygens (including phenoxy) is 2. The van der Waals surface area contributed by atoms with Crippen molar-refractivity contribution in [1.82, 2.24) is 4.57 Å². The molecular formula is C14H20BrNO3. The smallest absolute Gasteiger partial charge is 0.293 e. The van der Waals surface area contributed by atoms with Crippen molar-refractivity contribution >= 4 is 15.9 Å². The van der Waals surface area contributed by atoms with Gasteiger partial charge in [-0.1, -0.05) is 13.3 Å². The molecule has 0 radical (unpaired) electrons. The Hall–Kier alpha value is -0.810. The second-order valence-corrected chi connectivity index (χ2v) is 5.83. The maximum Gasteiger partial charge on any atom is 0.293 e. The number of rotatable bonds is 6. The van der Waals surface area contributed by atoms with E-state index in [0.717, 1.165) is 36.8 Å². The first kappa shape index (κ1) is 14.6. The molecule has 0 spiro atoms. The molecular weight excluding hydrogens is 310 g/mol. The SMILES string of the molecule is CCCCOC1CC(n2cc(Br)cc(OC)c2=O)C1. The second kappa shape index (κ2) is 6.57. The van der Waals surface area contributed by atoms with Crippen molar-refractivity contribution in [2.24, 2.45) is 0 Å². The lowest BCUT2D eigenvalue weighted by Gasteiger charge is -2.36. The van der Waals surface area contributed by atoms with Crippen LogP contribution in [0.1, 0.15) is 38.6 Å². The zero-order valence-electron chi connectivity index (χ0n) is 11.4. The van der Waals surface area contributed by atoms with E-state index >= 15 is 0 Å². The summed E-state index contributed by atoms with van der Waals surface area (Å²) in [7, 11) is 1.52. The van der Waals surface area contributed by atoms with Crippen molar-refractivity contribution in [3.63, 3.8) is 0 Å². The Balaban J connectivity index is 1.98. The molecule has 0 amide bonds. The highest BCUT2D eigenvalue weighted by atomic mass is 79.9. The first-order valence-corrected chi connectivity index (χ1v) is 7.52. The number of hydrogen-bond donors (Lipinski definition) is 0. The van der Waals surface area contributed by atoms with Crippen LogP contribution in [0.15, 0.2) is 21.5 Å². The summed E-state index contributed by atoms with van der Waals surface area (Å²) < 4.78 is 13.4. The van der Waals surface area contributed by atoms with Gasteiger partial charge in [0.25, 0.3) is 5.56 Å². The van der Waals surface area contributed by atoms with Crippen molar-refractivity contribution in [2.75, 3.05) is 13.7 Å². The number of pyridine rings is 1. The van der Waals surface area contributed by atoms with Crippen LogP contribution in [-0.2, 0) is 4.74 Å². The van der Waals surface area contributed by atoms with Crippen LogP contribution in [0.2, 0.25) is 0 Å². The van der Waals surface area contributed by atoms with Gasteiger partial charge >= 0.3 is 0 Å². The highest BCUT2D eigenvalue weighted by Crippen LogP contribution is 2.34. The van der Waals surface area contributed by atoms with Crippen LogP contribution in [0.4, 0.5) is 0 Å². The number of hydrogen-bond acceptors (Lipinski definition) is 3. The highest BCUT2D eigenvalue weighted by Gasteiger charge is 2.32. The summed E-state index contributed by atoms with van der Waals surface area (Å²) in [5.74, 6) is 0.379. The molecule has 1 saturated carbocycles. The van der Waals surface area contributed by atoms with Gasteiger partial charge in [0.15, 0.2) is 5.75 Å². The van der Waals surface area contributed by atoms with Gasteiger partial charge in [0.1, 0.15) is 0 Å². The van der Waals surface area contributed by atoms with Gasteiger partial charge in [-0.25, -0.2) is 0 Å². The van der Waals surface area contributed by atoms with E-state index in [1.54, 1.807) is 10.6 Å². The van der Waals surface area contributed by atoms with E-state index in [0.29, 0.717) is 11.9 Å². The fraction of sp³-hybridized carbons (Fsp3) is 0.643. The van der Waals surface area contributed by atoms with Crippen LogP contribution in [0, 0.1) is 0 Å². The van der Waals surface area contributed by atoms with E-state index in [-0.39, 0.29) is 11.6 Å². The molecule has 0 aromatic carbocycles. The van der Waals surface area contributed by atoms with Crippen LogP contribution >= 0.6 is 15.9 Å². The summed E-state index contributed by atoms with van der Waals surface area (Å²) >= 11 is 3.40. The third-order valence-corrected chi connectivity index (χ3v) is 3.95. The van der Waals surface area contributed by atoms with E-state index < -0.39 is 0 Å². The number of halogens is 1. The van der Waals surface area contributed by atoms with Crippen LogP contribution in [0.3, 0.4) is 0 Å². The van der Waals surface area contributed by atoms with Crippen molar-refractivity contribution in [1.29, 1.82) is 0 Å². The molecule has 0 bridgehead atoms. The monoisotopic (exact) mass is 329 g/mol. The van der Waals surface area contributed by atoms with Crippen LogP contribution < -0.4 is 10.3 Å². The van der Waals surface area contributed by atoms with Gasteiger partial charge < -0.3 is 14.0 Å². The molecule has 4 nitrogen and oxygen atoms in total. The minimum absolute atomic E-state index is 0.0669. The molecule has 106 valence electrons. The molecule has 19 heavy (non-hydrogen) atoms. The molecule has 1 aliphatic carbocycles. The quantitative estimate of drug-likeness (QED) is 0.753. The Morgan fingerprint density at radius 1 is 1.47 bits per heavy atom. The minimum atomic E-state index is -0.0669. The lowest BCUT2D eigenvalue weighted by atomic mass is 9.89. The van der Waals surface area contributed by atoms with Gasteiger partial charge in [-0.05, 0) is 35.2 Å². The molecule has 0 saturated heterocycles. The molecule has 1 aromatic rings. The van der Waals surface area contributed by atoms with Crippen LogP contribution in [0.5, 0.6) is 5.75 Å². The van der Waals surface area contributed by atoms with Crippen LogP contribution in [-0.4, -0.2) is 24.4 Å². The Kier molecular flexibility index (Phi) is 5.05. The largest absolute Gasteiger partial charge is 0.491 e. The zero-order valence-corrected chi connectivity index (χ0v) is 13.0. The average Bonchev–Trinajstić information content (AvgIpc) is 2.35. The van der Waals surface area contributed by atoms with Gasteiger partial charge in [0, 0.05) is 29.4 Å². The molecule has 0 aliphatic heterocycles. The molecule has 1 heterocycles. The Morgan fingerprint density at radius 2 is 2.21 bits per heavy atom. The Labute approximate surface area is 121 Å². The van der Waals surface area contributed by atoms with E-state index in [1.165, 1.54) is 7.11 Å². The van der Waals surface area contributed by atoms with Crippen molar-refractivity contribution in [3.05, 3.63) is 27.1 Å². The van der Waals surface area contributed by atoms with Gasteiger partial charge in [-0.2, -0.15) is 0 Å². The Bertz CT molecular complexity index is 480. The van der Waals surface area contributed by atoms with Gasteiger partial charge in [-0.3, -0.25) is 4.79 Å². The van der Waals surface area contributed by atoms with Crippen molar-refractivity contribution < 1.29 is 9.47 Å². The van der Waals surface area contributed by atoms with E-state index in [1.807, 2.05) is 6.20 Å². The minimum Gasteiger partial charge on any atom is -0.491 e. The normalized spacial score (nSPS) is 22.1.